The Morgan fingerprint density at radius 2 is 1.84 bits per heavy atom. The molecule has 0 aliphatic carbocycles. The van der Waals surface area contributed by atoms with E-state index in [4.69, 9.17) is 9.47 Å². The largest absolute Gasteiger partial charge is 0.378 e. The molecule has 174 valence electrons. The monoisotopic (exact) mass is 446 g/mol. The van der Waals surface area contributed by atoms with E-state index in [0.29, 0.717) is 70.0 Å². The van der Waals surface area contributed by atoms with Crippen molar-refractivity contribution in [2.45, 2.75) is 31.8 Å². The second-order valence-corrected chi connectivity index (χ2v) is 8.51. The van der Waals surface area contributed by atoms with Crippen LogP contribution in [0.15, 0.2) is 18.2 Å². The Morgan fingerprint density at radius 3 is 2.50 bits per heavy atom. The molecule has 0 unspecified atom stereocenters. The van der Waals surface area contributed by atoms with E-state index in [-0.39, 0.29) is 29.5 Å². The molecule has 10 nitrogen and oxygen atoms in total. The predicted octanol–water partition coefficient (Wildman–Crippen LogP) is 1.58. The first-order chi connectivity index (χ1) is 15.5. The Morgan fingerprint density at radius 1 is 1.09 bits per heavy atom. The highest BCUT2D eigenvalue weighted by atomic mass is 16.6. The predicted molar refractivity (Wildman–Crippen MR) is 117 cm³/mol. The fourth-order valence-corrected chi connectivity index (χ4v) is 4.57. The van der Waals surface area contributed by atoms with Gasteiger partial charge in [-0.05, 0) is 37.8 Å². The molecule has 3 heterocycles. The van der Waals surface area contributed by atoms with Crippen molar-refractivity contribution in [3.8, 4) is 0 Å². The van der Waals surface area contributed by atoms with Gasteiger partial charge in [0.15, 0.2) is 0 Å². The maximum atomic E-state index is 12.7. The molecule has 0 saturated carbocycles. The van der Waals surface area contributed by atoms with Gasteiger partial charge in [0.25, 0.3) is 11.6 Å². The number of piperidine rings is 1. The highest BCUT2D eigenvalue weighted by Gasteiger charge is 2.30. The lowest BCUT2D eigenvalue weighted by molar-refractivity contribution is -0.384. The van der Waals surface area contributed by atoms with Gasteiger partial charge in [0, 0.05) is 56.9 Å². The average Bonchev–Trinajstić information content (AvgIpc) is 3.36. The molecule has 0 spiro atoms. The zero-order valence-corrected chi connectivity index (χ0v) is 18.2. The lowest BCUT2D eigenvalue weighted by atomic mass is 9.95. The normalized spacial score (nSPS) is 22.1. The minimum atomic E-state index is -0.439. The SMILES string of the molecule is O=C(NC[C@@H]1CCCO1)C1CCN(c2ccc(C(=O)N3CCOCC3)cc2[N+](=O)[O-])CC1. The van der Waals surface area contributed by atoms with E-state index in [1.54, 1.807) is 17.0 Å². The molecule has 2 amide bonds. The number of rotatable bonds is 6. The van der Waals surface area contributed by atoms with Crippen molar-refractivity contribution < 1.29 is 24.0 Å². The number of benzene rings is 1. The highest BCUT2D eigenvalue weighted by Crippen LogP contribution is 2.33. The van der Waals surface area contributed by atoms with E-state index < -0.39 is 4.92 Å². The number of carbonyl (C=O) groups excluding carboxylic acids is 2. The van der Waals surface area contributed by atoms with Crippen molar-refractivity contribution in [1.29, 1.82) is 0 Å². The van der Waals surface area contributed by atoms with Crippen molar-refractivity contribution in [1.82, 2.24) is 10.2 Å². The van der Waals surface area contributed by atoms with Crippen LogP contribution < -0.4 is 10.2 Å². The number of morpholine rings is 1. The molecule has 1 N–H and O–H groups in total. The van der Waals surface area contributed by atoms with Gasteiger partial charge in [0.2, 0.25) is 5.91 Å². The molecular formula is C22H30N4O6. The second-order valence-electron chi connectivity index (χ2n) is 8.51. The molecule has 1 aromatic carbocycles. The van der Waals surface area contributed by atoms with Gasteiger partial charge in [0.05, 0.1) is 24.2 Å². The van der Waals surface area contributed by atoms with Gasteiger partial charge >= 0.3 is 0 Å². The third-order valence-corrected chi connectivity index (χ3v) is 6.45. The van der Waals surface area contributed by atoms with Crippen LogP contribution in [0.1, 0.15) is 36.0 Å². The van der Waals surface area contributed by atoms with E-state index in [1.165, 1.54) is 6.07 Å². The van der Waals surface area contributed by atoms with Crippen LogP contribution in [-0.2, 0) is 14.3 Å². The molecule has 0 radical (unpaired) electrons. The maximum absolute atomic E-state index is 12.7. The van der Waals surface area contributed by atoms with Crippen molar-refractivity contribution >= 4 is 23.2 Å². The van der Waals surface area contributed by atoms with E-state index in [9.17, 15) is 19.7 Å². The zero-order valence-electron chi connectivity index (χ0n) is 18.2. The standard InChI is InChI=1S/C22H30N4O6/c27-21(23-15-18-2-1-11-32-18)16-5-7-24(8-6-16)19-4-3-17(14-20(19)26(29)30)22(28)25-9-12-31-13-10-25/h3-4,14,16,18H,1-2,5-13,15H2,(H,23,27)/t18-/m0/s1. The Labute approximate surface area is 187 Å². The molecule has 32 heavy (non-hydrogen) atoms. The topological polar surface area (TPSA) is 114 Å². The number of nitrogens with zero attached hydrogens (tertiary/aromatic N) is 3. The highest BCUT2D eigenvalue weighted by molar-refractivity contribution is 5.96. The van der Waals surface area contributed by atoms with Crippen molar-refractivity contribution in [2.75, 3.05) is 57.4 Å². The summed E-state index contributed by atoms with van der Waals surface area (Å²) >= 11 is 0. The van der Waals surface area contributed by atoms with Gasteiger partial charge in [-0.3, -0.25) is 19.7 Å². The average molecular weight is 447 g/mol. The minimum absolute atomic E-state index is 0.0288. The number of hydrogen-bond acceptors (Lipinski definition) is 7. The van der Waals surface area contributed by atoms with Gasteiger partial charge in [-0.25, -0.2) is 0 Å². The fourth-order valence-electron chi connectivity index (χ4n) is 4.57. The molecular weight excluding hydrogens is 416 g/mol. The number of nitro benzene ring substituents is 1. The molecule has 3 aliphatic heterocycles. The summed E-state index contributed by atoms with van der Waals surface area (Å²) in [5, 5.41) is 14.7. The quantitative estimate of drug-likeness (QED) is 0.521. The molecule has 0 bridgehead atoms. The van der Waals surface area contributed by atoms with Crippen LogP contribution in [0.2, 0.25) is 0 Å². The van der Waals surface area contributed by atoms with Crippen molar-refractivity contribution in [2.24, 2.45) is 5.92 Å². The van der Waals surface area contributed by atoms with E-state index in [0.717, 1.165) is 19.4 Å². The fraction of sp³-hybridized carbons (Fsp3) is 0.636. The molecule has 1 atom stereocenters. The van der Waals surface area contributed by atoms with Crippen LogP contribution in [0.3, 0.4) is 0 Å². The molecule has 1 aromatic rings. The molecule has 10 heteroatoms. The number of nitro groups is 1. The number of nitrogens with one attached hydrogen (secondary N) is 1. The number of ether oxygens (including phenoxy) is 2. The van der Waals surface area contributed by atoms with E-state index >= 15 is 0 Å². The zero-order chi connectivity index (χ0) is 22.5. The van der Waals surface area contributed by atoms with Crippen LogP contribution in [0, 0.1) is 16.0 Å². The summed E-state index contributed by atoms with van der Waals surface area (Å²) in [6.07, 6.45) is 3.38. The van der Waals surface area contributed by atoms with Crippen LogP contribution in [0.25, 0.3) is 0 Å². The lowest BCUT2D eigenvalue weighted by Gasteiger charge is -2.33. The summed E-state index contributed by atoms with van der Waals surface area (Å²) in [5.41, 5.74) is 0.725. The number of amides is 2. The summed E-state index contributed by atoms with van der Waals surface area (Å²) in [4.78, 5) is 40.1. The van der Waals surface area contributed by atoms with Crippen LogP contribution in [-0.4, -0.2) is 80.3 Å². The first kappa shape index (κ1) is 22.5. The van der Waals surface area contributed by atoms with Gasteiger partial charge in [-0.15, -0.1) is 0 Å². The molecule has 3 saturated heterocycles. The Bertz CT molecular complexity index is 843. The third kappa shape index (κ3) is 5.18. The van der Waals surface area contributed by atoms with Gasteiger partial charge in [-0.2, -0.15) is 0 Å². The van der Waals surface area contributed by atoms with E-state index in [1.807, 2.05) is 4.90 Å². The van der Waals surface area contributed by atoms with Crippen LogP contribution >= 0.6 is 0 Å². The number of carbonyl (C=O) groups is 2. The Hall–Kier alpha value is -2.72. The summed E-state index contributed by atoms with van der Waals surface area (Å²) in [5.74, 6) is -0.292. The summed E-state index contributed by atoms with van der Waals surface area (Å²) < 4.78 is 10.8. The summed E-state index contributed by atoms with van der Waals surface area (Å²) in [6.45, 7) is 4.32. The van der Waals surface area contributed by atoms with Gasteiger partial charge in [0.1, 0.15) is 5.69 Å². The van der Waals surface area contributed by atoms with Gasteiger partial charge < -0.3 is 24.6 Å². The number of hydrogen-bond donors (Lipinski definition) is 1. The molecule has 4 rings (SSSR count). The second kappa shape index (κ2) is 10.3. The minimum Gasteiger partial charge on any atom is -0.378 e. The third-order valence-electron chi connectivity index (χ3n) is 6.45. The first-order valence-corrected chi connectivity index (χ1v) is 11.3. The summed E-state index contributed by atoms with van der Waals surface area (Å²) in [6, 6.07) is 4.68. The Balaban J connectivity index is 1.37. The van der Waals surface area contributed by atoms with Crippen LogP contribution in [0.4, 0.5) is 11.4 Å². The summed E-state index contributed by atoms with van der Waals surface area (Å²) in [7, 11) is 0. The molecule has 0 aromatic heterocycles. The van der Waals surface area contributed by atoms with Crippen LogP contribution in [0.5, 0.6) is 0 Å². The van der Waals surface area contributed by atoms with Gasteiger partial charge in [-0.1, -0.05) is 0 Å². The first-order valence-electron chi connectivity index (χ1n) is 11.3. The van der Waals surface area contributed by atoms with Crippen molar-refractivity contribution in [3.05, 3.63) is 33.9 Å². The maximum Gasteiger partial charge on any atom is 0.293 e. The molecule has 3 aliphatic rings. The van der Waals surface area contributed by atoms with E-state index in [2.05, 4.69) is 5.32 Å². The molecule has 3 fully saturated rings. The Kier molecular flexibility index (Phi) is 7.21. The lowest BCUT2D eigenvalue weighted by Crippen LogP contribution is -2.42. The van der Waals surface area contributed by atoms with Crippen molar-refractivity contribution in [3.63, 3.8) is 0 Å². The number of anilines is 1. The smallest absolute Gasteiger partial charge is 0.293 e.